The first kappa shape index (κ1) is 16.5. The van der Waals surface area contributed by atoms with Crippen molar-refractivity contribution in [2.45, 2.75) is 52.2 Å². The SMILES string of the molecule is CCOC(=O)C1CC(C=O)CCN1C(=O)OC(C)(C)C. The van der Waals surface area contributed by atoms with E-state index in [1.807, 2.05) is 0 Å². The fraction of sp³-hybridized carbons (Fsp3) is 0.786. The molecule has 1 saturated heterocycles. The molecule has 0 aromatic heterocycles. The number of ether oxygens (including phenoxy) is 2. The zero-order chi connectivity index (χ0) is 15.3. The number of amides is 1. The lowest BCUT2D eigenvalue weighted by molar-refractivity contribution is -0.151. The Balaban J connectivity index is 2.82. The fourth-order valence-corrected chi connectivity index (χ4v) is 2.12. The minimum Gasteiger partial charge on any atom is -0.464 e. The van der Waals surface area contributed by atoms with Crippen molar-refractivity contribution < 1.29 is 23.9 Å². The van der Waals surface area contributed by atoms with Crippen molar-refractivity contribution >= 4 is 18.3 Å². The molecule has 2 atom stereocenters. The molecular formula is C14H23NO5. The molecule has 0 bridgehead atoms. The Hall–Kier alpha value is -1.59. The van der Waals surface area contributed by atoms with Crippen molar-refractivity contribution in [3.05, 3.63) is 0 Å². The average molecular weight is 285 g/mol. The number of rotatable bonds is 3. The largest absolute Gasteiger partial charge is 0.464 e. The summed E-state index contributed by atoms with van der Waals surface area (Å²) in [5, 5.41) is 0. The average Bonchev–Trinajstić information content (AvgIpc) is 2.36. The summed E-state index contributed by atoms with van der Waals surface area (Å²) in [5.41, 5.74) is -0.627. The summed E-state index contributed by atoms with van der Waals surface area (Å²) in [7, 11) is 0. The fourth-order valence-electron chi connectivity index (χ4n) is 2.12. The molecule has 0 aliphatic carbocycles. The maximum Gasteiger partial charge on any atom is 0.411 e. The molecule has 1 aliphatic heterocycles. The van der Waals surface area contributed by atoms with Crippen molar-refractivity contribution in [2.75, 3.05) is 13.2 Å². The van der Waals surface area contributed by atoms with Gasteiger partial charge in [0.15, 0.2) is 0 Å². The molecule has 0 radical (unpaired) electrons. The maximum absolute atomic E-state index is 12.1. The number of hydrogen-bond acceptors (Lipinski definition) is 5. The lowest BCUT2D eigenvalue weighted by Crippen LogP contribution is -2.52. The van der Waals surface area contributed by atoms with Crippen LogP contribution in [0.25, 0.3) is 0 Å². The van der Waals surface area contributed by atoms with Crippen molar-refractivity contribution in [2.24, 2.45) is 5.92 Å². The van der Waals surface area contributed by atoms with E-state index < -0.39 is 23.7 Å². The van der Waals surface area contributed by atoms with Gasteiger partial charge in [-0.2, -0.15) is 0 Å². The van der Waals surface area contributed by atoms with Gasteiger partial charge < -0.3 is 14.3 Å². The summed E-state index contributed by atoms with van der Waals surface area (Å²) >= 11 is 0. The van der Waals surface area contributed by atoms with Crippen LogP contribution in [0.3, 0.4) is 0 Å². The highest BCUT2D eigenvalue weighted by molar-refractivity contribution is 5.82. The zero-order valence-corrected chi connectivity index (χ0v) is 12.5. The first-order chi connectivity index (χ1) is 9.28. The molecule has 20 heavy (non-hydrogen) atoms. The number of carbonyl (C=O) groups is 3. The van der Waals surface area contributed by atoms with E-state index in [4.69, 9.17) is 9.47 Å². The third-order valence-electron chi connectivity index (χ3n) is 3.02. The van der Waals surface area contributed by atoms with Crippen LogP contribution in [0.4, 0.5) is 4.79 Å². The Kier molecular flexibility index (Phi) is 5.53. The predicted octanol–water partition coefficient (Wildman–Crippen LogP) is 1.76. The highest BCUT2D eigenvalue weighted by Gasteiger charge is 2.38. The number of nitrogens with zero attached hydrogens (tertiary/aromatic N) is 1. The first-order valence-corrected chi connectivity index (χ1v) is 6.90. The summed E-state index contributed by atoms with van der Waals surface area (Å²) in [6.07, 6.45) is 1.12. The van der Waals surface area contributed by atoms with Crippen LogP contribution in [0.1, 0.15) is 40.5 Å². The lowest BCUT2D eigenvalue weighted by atomic mass is 9.92. The minimum absolute atomic E-state index is 0.219. The number of piperidine rings is 1. The highest BCUT2D eigenvalue weighted by Crippen LogP contribution is 2.24. The number of carbonyl (C=O) groups excluding carboxylic acids is 3. The molecule has 1 rings (SSSR count). The Labute approximate surface area is 119 Å². The van der Waals surface area contributed by atoms with E-state index in [0.717, 1.165) is 6.29 Å². The van der Waals surface area contributed by atoms with Gasteiger partial charge in [0, 0.05) is 12.5 Å². The van der Waals surface area contributed by atoms with Gasteiger partial charge in [0.05, 0.1) is 6.61 Å². The zero-order valence-electron chi connectivity index (χ0n) is 12.5. The van der Waals surface area contributed by atoms with Crippen molar-refractivity contribution in [3.8, 4) is 0 Å². The van der Waals surface area contributed by atoms with E-state index >= 15 is 0 Å². The molecule has 1 fully saturated rings. The summed E-state index contributed by atoms with van der Waals surface area (Å²) in [6.45, 7) is 7.56. The van der Waals surface area contributed by atoms with Gasteiger partial charge in [-0.25, -0.2) is 9.59 Å². The molecular weight excluding hydrogens is 262 g/mol. The summed E-state index contributed by atoms with van der Waals surface area (Å²) in [5.74, 6) is -0.701. The second kappa shape index (κ2) is 6.72. The van der Waals surface area contributed by atoms with Crippen LogP contribution in [0.5, 0.6) is 0 Å². The van der Waals surface area contributed by atoms with E-state index in [1.165, 1.54) is 4.90 Å². The second-order valence-electron chi connectivity index (χ2n) is 5.86. The number of hydrogen-bond donors (Lipinski definition) is 0. The van der Waals surface area contributed by atoms with Gasteiger partial charge in [0.25, 0.3) is 0 Å². The molecule has 1 amide bonds. The molecule has 2 unspecified atom stereocenters. The van der Waals surface area contributed by atoms with Crippen LogP contribution < -0.4 is 0 Å². The van der Waals surface area contributed by atoms with E-state index in [-0.39, 0.29) is 12.5 Å². The minimum atomic E-state index is -0.742. The normalized spacial score (nSPS) is 23.1. The Morgan fingerprint density at radius 1 is 1.35 bits per heavy atom. The van der Waals surface area contributed by atoms with Gasteiger partial charge in [-0.1, -0.05) is 0 Å². The van der Waals surface area contributed by atoms with Crippen LogP contribution in [0.2, 0.25) is 0 Å². The van der Waals surface area contributed by atoms with Crippen LogP contribution in [-0.4, -0.2) is 48.0 Å². The monoisotopic (exact) mass is 285 g/mol. The number of aldehydes is 1. The van der Waals surface area contributed by atoms with E-state index in [2.05, 4.69) is 0 Å². The van der Waals surface area contributed by atoms with Gasteiger partial charge in [0.2, 0.25) is 0 Å². The van der Waals surface area contributed by atoms with Gasteiger partial charge >= 0.3 is 12.1 Å². The Morgan fingerprint density at radius 3 is 2.50 bits per heavy atom. The second-order valence-corrected chi connectivity index (χ2v) is 5.86. The topological polar surface area (TPSA) is 72.9 Å². The molecule has 114 valence electrons. The Morgan fingerprint density at radius 2 is 2.00 bits per heavy atom. The maximum atomic E-state index is 12.1. The number of esters is 1. The van der Waals surface area contributed by atoms with Gasteiger partial charge in [-0.3, -0.25) is 4.90 Å². The molecule has 1 heterocycles. The third kappa shape index (κ3) is 4.51. The van der Waals surface area contributed by atoms with Crippen molar-refractivity contribution in [3.63, 3.8) is 0 Å². The van der Waals surface area contributed by atoms with Crippen molar-refractivity contribution in [1.82, 2.24) is 4.90 Å². The molecule has 0 spiro atoms. The van der Waals surface area contributed by atoms with Crippen molar-refractivity contribution in [1.29, 1.82) is 0 Å². The van der Waals surface area contributed by atoms with Crippen LogP contribution in [0, 0.1) is 5.92 Å². The van der Waals surface area contributed by atoms with E-state index in [1.54, 1.807) is 27.7 Å². The molecule has 6 heteroatoms. The lowest BCUT2D eigenvalue weighted by Gasteiger charge is -2.37. The van der Waals surface area contributed by atoms with E-state index in [0.29, 0.717) is 19.4 Å². The summed E-state index contributed by atoms with van der Waals surface area (Å²) in [4.78, 5) is 36.4. The Bertz CT molecular complexity index is 374. The van der Waals surface area contributed by atoms with Gasteiger partial charge in [0.1, 0.15) is 17.9 Å². The smallest absolute Gasteiger partial charge is 0.411 e. The van der Waals surface area contributed by atoms with Crippen LogP contribution in [0.15, 0.2) is 0 Å². The third-order valence-corrected chi connectivity index (χ3v) is 3.02. The highest BCUT2D eigenvalue weighted by atomic mass is 16.6. The quantitative estimate of drug-likeness (QED) is 0.583. The van der Waals surface area contributed by atoms with Crippen LogP contribution in [-0.2, 0) is 19.1 Å². The van der Waals surface area contributed by atoms with Gasteiger partial charge in [-0.05, 0) is 40.5 Å². The molecule has 6 nitrogen and oxygen atoms in total. The molecule has 0 N–H and O–H groups in total. The molecule has 0 saturated carbocycles. The van der Waals surface area contributed by atoms with Gasteiger partial charge in [-0.15, -0.1) is 0 Å². The molecule has 0 aromatic rings. The van der Waals surface area contributed by atoms with Crippen LogP contribution >= 0.6 is 0 Å². The first-order valence-electron chi connectivity index (χ1n) is 6.90. The summed E-state index contributed by atoms with van der Waals surface area (Å²) < 4.78 is 10.3. The molecule has 0 aromatic carbocycles. The molecule has 1 aliphatic rings. The number of likely N-dealkylation sites (tertiary alicyclic amines) is 1. The van der Waals surface area contributed by atoms with E-state index in [9.17, 15) is 14.4 Å². The summed E-state index contributed by atoms with van der Waals surface area (Å²) in [6, 6.07) is -0.742. The standard InChI is InChI=1S/C14H23NO5/c1-5-19-12(17)11-8-10(9-16)6-7-15(11)13(18)20-14(2,3)4/h9-11H,5-8H2,1-4H3. The predicted molar refractivity (Wildman–Crippen MR) is 72.1 cm³/mol.